The van der Waals surface area contributed by atoms with E-state index in [-0.39, 0.29) is 11.5 Å². The number of hydrogen-bond acceptors (Lipinski definition) is 9. The highest BCUT2D eigenvalue weighted by Gasteiger charge is 2.24. The second kappa shape index (κ2) is 9.47. The molecular weight excluding hydrogens is 468 g/mol. The Morgan fingerprint density at radius 3 is 2.72 bits per heavy atom. The number of ether oxygens (including phenoxy) is 1. The van der Waals surface area contributed by atoms with E-state index in [0.29, 0.717) is 27.3 Å². The number of anilines is 3. The molecule has 8 nitrogen and oxygen atoms in total. The number of ketones is 1. The van der Waals surface area contributed by atoms with Crippen LogP contribution in [-0.2, 0) is 16.4 Å². The molecule has 3 aromatic rings. The first kappa shape index (κ1) is 22.6. The van der Waals surface area contributed by atoms with E-state index in [4.69, 9.17) is 4.74 Å². The summed E-state index contributed by atoms with van der Waals surface area (Å²) < 4.78 is 31.3. The predicted molar refractivity (Wildman–Crippen MR) is 128 cm³/mol. The Morgan fingerprint density at radius 1 is 1.22 bits per heavy atom. The SMILES string of the molecule is COc1ccc(Nc2nnc(SCC(=O)c3ccc4c(c3)CCCN4S(C)(=O)=O)s2)cc1. The van der Waals surface area contributed by atoms with Crippen molar-refractivity contribution in [2.45, 2.75) is 17.2 Å². The number of aryl methyl sites for hydroxylation is 1. The summed E-state index contributed by atoms with van der Waals surface area (Å²) >= 11 is 2.71. The van der Waals surface area contributed by atoms with Crippen LogP contribution in [0.5, 0.6) is 5.75 Å². The smallest absolute Gasteiger partial charge is 0.232 e. The van der Waals surface area contributed by atoms with Gasteiger partial charge in [0.2, 0.25) is 15.2 Å². The molecule has 2 aromatic carbocycles. The van der Waals surface area contributed by atoms with Crippen molar-refractivity contribution in [3.05, 3.63) is 53.6 Å². The molecule has 0 fully saturated rings. The zero-order valence-corrected chi connectivity index (χ0v) is 20.0. The largest absolute Gasteiger partial charge is 0.497 e. The van der Waals surface area contributed by atoms with E-state index in [9.17, 15) is 13.2 Å². The van der Waals surface area contributed by atoms with E-state index in [1.165, 1.54) is 33.7 Å². The van der Waals surface area contributed by atoms with Crippen LogP contribution in [0.2, 0.25) is 0 Å². The Hall–Kier alpha value is -2.63. The average Bonchev–Trinajstić information content (AvgIpc) is 3.23. The number of fused-ring (bicyclic) bond motifs is 1. The third kappa shape index (κ3) is 5.22. The molecular formula is C21H22N4O4S3. The maximum absolute atomic E-state index is 12.7. The first-order valence-electron chi connectivity index (χ1n) is 9.85. The van der Waals surface area contributed by atoms with E-state index >= 15 is 0 Å². The van der Waals surface area contributed by atoms with Gasteiger partial charge in [0.25, 0.3) is 0 Å². The van der Waals surface area contributed by atoms with Gasteiger partial charge in [0.15, 0.2) is 10.1 Å². The Bertz CT molecular complexity index is 1230. The molecule has 0 aliphatic carbocycles. The van der Waals surface area contributed by atoms with Gasteiger partial charge in [0, 0.05) is 17.8 Å². The highest BCUT2D eigenvalue weighted by molar-refractivity contribution is 8.01. The number of methoxy groups -OCH3 is 1. The van der Waals surface area contributed by atoms with Gasteiger partial charge in [-0.1, -0.05) is 23.1 Å². The van der Waals surface area contributed by atoms with Crippen molar-refractivity contribution in [2.75, 3.05) is 35.3 Å². The molecule has 1 aliphatic heterocycles. The van der Waals surface area contributed by atoms with Gasteiger partial charge in [-0.05, 0) is 60.9 Å². The normalized spacial score (nSPS) is 13.5. The summed E-state index contributed by atoms with van der Waals surface area (Å²) in [5.41, 5.74) is 3.00. The van der Waals surface area contributed by atoms with Crippen LogP contribution in [0.1, 0.15) is 22.3 Å². The van der Waals surface area contributed by atoms with Gasteiger partial charge < -0.3 is 10.1 Å². The second-order valence-corrected chi connectivity index (χ2v) is 11.3. The molecule has 0 saturated carbocycles. The van der Waals surface area contributed by atoms with Crippen LogP contribution in [0, 0.1) is 0 Å². The van der Waals surface area contributed by atoms with Crippen LogP contribution >= 0.6 is 23.1 Å². The third-order valence-corrected chi connectivity index (χ3v) is 8.10. The summed E-state index contributed by atoms with van der Waals surface area (Å²) in [6.07, 6.45) is 2.70. The van der Waals surface area contributed by atoms with Crippen LogP contribution in [0.15, 0.2) is 46.8 Å². The number of carbonyl (C=O) groups is 1. The molecule has 0 atom stereocenters. The highest BCUT2D eigenvalue weighted by atomic mass is 32.2. The molecule has 1 aromatic heterocycles. The molecule has 1 N–H and O–H groups in total. The summed E-state index contributed by atoms with van der Waals surface area (Å²) in [6, 6.07) is 12.7. The van der Waals surface area contributed by atoms with Crippen molar-refractivity contribution in [3.63, 3.8) is 0 Å². The molecule has 32 heavy (non-hydrogen) atoms. The molecule has 0 amide bonds. The molecule has 4 rings (SSSR count). The lowest BCUT2D eigenvalue weighted by Gasteiger charge is -2.29. The second-order valence-electron chi connectivity index (χ2n) is 7.22. The Morgan fingerprint density at radius 2 is 2.00 bits per heavy atom. The van der Waals surface area contributed by atoms with E-state index in [1.807, 2.05) is 30.3 Å². The Kier molecular flexibility index (Phi) is 6.68. The van der Waals surface area contributed by atoms with Gasteiger partial charge in [0.05, 0.1) is 24.8 Å². The Labute approximate surface area is 195 Å². The zero-order chi connectivity index (χ0) is 22.7. The lowest BCUT2D eigenvalue weighted by atomic mass is 9.99. The first-order valence-corrected chi connectivity index (χ1v) is 13.5. The summed E-state index contributed by atoms with van der Waals surface area (Å²) in [5, 5.41) is 12.1. The molecule has 0 bridgehead atoms. The average molecular weight is 491 g/mol. The van der Waals surface area contributed by atoms with Gasteiger partial charge in [-0.25, -0.2) is 8.42 Å². The maximum Gasteiger partial charge on any atom is 0.232 e. The van der Waals surface area contributed by atoms with Gasteiger partial charge in [-0.3, -0.25) is 9.10 Å². The van der Waals surface area contributed by atoms with Gasteiger partial charge in [-0.2, -0.15) is 0 Å². The van der Waals surface area contributed by atoms with E-state index in [2.05, 4.69) is 15.5 Å². The van der Waals surface area contributed by atoms with Crippen molar-refractivity contribution in [3.8, 4) is 5.75 Å². The van der Waals surface area contributed by atoms with Crippen LogP contribution in [0.4, 0.5) is 16.5 Å². The summed E-state index contributed by atoms with van der Waals surface area (Å²) in [6.45, 7) is 0.471. The number of thioether (sulfide) groups is 1. The maximum atomic E-state index is 12.7. The van der Waals surface area contributed by atoms with Crippen molar-refractivity contribution in [1.29, 1.82) is 0 Å². The van der Waals surface area contributed by atoms with Crippen molar-refractivity contribution in [1.82, 2.24) is 10.2 Å². The van der Waals surface area contributed by atoms with E-state index in [0.717, 1.165) is 29.8 Å². The molecule has 168 valence electrons. The van der Waals surface area contributed by atoms with Crippen molar-refractivity contribution < 1.29 is 17.9 Å². The van der Waals surface area contributed by atoms with Crippen LogP contribution in [-0.4, -0.2) is 50.1 Å². The van der Waals surface area contributed by atoms with Crippen molar-refractivity contribution >= 4 is 55.4 Å². The molecule has 2 heterocycles. The van der Waals surface area contributed by atoms with Gasteiger partial charge >= 0.3 is 0 Å². The lowest BCUT2D eigenvalue weighted by molar-refractivity contribution is 0.102. The third-order valence-electron chi connectivity index (χ3n) is 4.95. The zero-order valence-electron chi connectivity index (χ0n) is 17.6. The minimum Gasteiger partial charge on any atom is -0.497 e. The number of nitrogens with zero attached hydrogens (tertiary/aromatic N) is 3. The van der Waals surface area contributed by atoms with Crippen LogP contribution < -0.4 is 14.4 Å². The number of sulfonamides is 1. The monoisotopic (exact) mass is 490 g/mol. The number of benzene rings is 2. The molecule has 0 unspecified atom stereocenters. The van der Waals surface area contributed by atoms with Crippen LogP contribution in [0.25, 0.3) is 0 Å². The predicted octanol–water partition coefficient (Wildman–Crippen LogP) is 3.98. The van der Waals surface area contributed by atoms with Gasteiger partial charge in [0.1, 0.15) is 5.75 Å². The Balaban J connectivity index is 1.38. The number of Topliss-reactive ketones (excluding diaryl/α,β-unsaturated/α-hetero) is 1. The number of hydrogen-bond donors (Lipinski definition) is 1. The molecule has 0 radical (unpaired) electrons. The molecule has 1 aliphatic rings. The van der Waals surface area contributed by atoms with Crippen molar-refractivity contribution in [2.24, 2.45) is 0 Å². The number of carbonyl (C=O) groups excluding carboxylic acids is 1. The summed E-state index contributed by atoms with van der Waals surface area (Å²) in [5.74, 6) is 0.967. The minimum atomic E-state index is -3.32. The lowest BCUT2D eigenvalue weighted by Crippen LogP contribution is -2.34. The highest BCUT2D eigenvalue weighted by Crippen LogP contribution is 2.32. The molecule has 0 saturated heterocycles. The number of aromatic nitrogens is 2. The topological polar surface area (TPSA) is 101 Å². The fourth-order valence-corrected chi connectivity index (χ4v) is 6.07. The minimum absolute atomic E-state index is 0.0332. The van der Waals surface area contributed by atoms with Gasteiger partial charge in [-0.15, -0.1) is 10.2 Å². The first-order chi connectivity index (χ1) is 15.3. The summed E-state index contributed by atoms with van der Waals surface area (Å²) in [7, 11) is -1.71. The number of rotatable bonds is 8. The molecule has 11 heteroatoms. The fourth-order valence-electron chi connectivity index (χ4n) is 3.41. The van der Waals surface area contributed by atoms with Crippen LogP contribution in [0.3, 0.4) is 0 Å². The fraction of sp³-hybridized carbons (Fsp3) is 0.286. The molecule has 0 spiro atoms. The quantitative estimate of drug-likeness (QED) is 0.374. The van der Waals surface area contributed by atoms with E-state index in [1.54, 1.807) is 19.2 Å². The standard InChI is InChI=1S/C21H22N4O4S3/c1-29-17-8-6-16(7-9-17)22-20-23-24-21(31-20)30-13-19(26)15-5-10-18-14(12-15)4-3-11-25(18)32(2,27)28/h5-10,12H,3-4,11,13H2,1-2H3,(H,22,23). The number of nitrogens with one attached hydrogen (secondary N) is 1. The summed E-state index contributed by atoms with van der Waals surface area (Å²) in [4.78, 5) is 12.7. The van der Waals surface area contributed by atoms with E-state index < -0.39 is 10.0 Å².